The fourth-order valence-electron chi connectivity index (χ4n) is 1.92. The number of rotatable bonds is 5. The minimum Gasteiger partial charge on any atom is -0.493 e. The molecule has 0 bridgehead atoms. The summed E-state index contributed by atoms with van der Waals surface area (Å²) in [6, 6.07) is 14.6. The molecule has 18 heavy (non-hydrogen) atoms. The van der Waals surface area contributed by atoms with Gasteiger partial charge in [-0.15, -0.1) is 0 Å². The van der Waals surface area contributed by atoms with Gasteiger partial charge in [-0.2, -0.15) is 12.6 Å². The number of ether oxygens (including phenoxy) is 1. The lowest BCUT2D eigenvalue weighted by Crippen LogP contribution is -2.19. The summed E-state index contributed by atoms with van der Waals surface area (Å²) in [6.07, 6.45) is 0. The maximum atomic E-state index is 5.88. The van der Waals surface area contributed by atoms with Gasteiger partial charge in [0.25, 0.3) is 0 Å². The largest absolute Gasteiger partial charge is 0.493 e. The molecular weight excluding hydrogens is 240 g/mol. The van der Waals surface area contributed by atoms with Crippen molar-refractivity contribution in [2.75, 3.05) is 12.4 Å². The van der Waals surface area contributed by atoms with E-state index in [4.69, 9.17) is 4.74 Å². The summed E-state index contributed by atoms with van der Waals surface area (Å²) in [5.74, 6) is 2.91. The van der Waals surface area contributed by atoms with Gasteiger partial charge in [-0.1, -0.05) is 44.2 Å². The minimum absolute atomic E-state index is 0.500. The second-order valence-corrected chi connectivity index (χ2v) is 5.37. The third-order valence-corrected chi connectivity index (χ3v) is 3.83. The predicted molar refractivity (Wildman–Crippen MR) is 81.6 cm³/mol. The quantitative estimate of drug-likeness (QED) is 0.783. The first-order chi connectivity index (χ1) is 8.70. The Morgan fingerprint density at radius 1 is 1.06 bits per heavy atom. The topological polar surface area (TPSA) is 9.23 Å². The van der Waals surface area contributed by atoms with Gasteiger partial charge in [-0.25, -0.2) is 0 Å². The lowest BCUT2D eigenvalue weighted by Gasteiger charge is -2.19. The highest BCUT2D eigenvalue weighted by Gasteiger charge is 2.12. The number of hydrogen-bond donors (Lipinski definition) is 1. The molecule has 96 valence electrons. The van der Waals surface area contributed by atoms with Crippen LogP contribution in [0.3, 0.4) is 0 Å². The van der Waals surface area contributed by atoms with Crippen LogP contribution >= 0.6 is 12.6 Å². The average Bonchev–Trinajstić information content (AvgIpc) is 2.39. The van der Waals surface area contributed by atoms with Gasteiger partial charge in [0, 0.05) is 5.92 Å². The Kier molecular flexibility index (Phi) is 4.54. The highest BCUT2D eigenvalue weighted by molar-refractivity contribution is 7.80. The summed E-state index contributed by atoms with van der Waals surface area (Å²) in [5, 5.41) is 2.47. The van der Waals surface area contributed by atoms with Crippen molar-refractivity contribution in [3.63, 3.8) is 0 Å². The Labute approximate surface area is 115 Å². The fourth-order valence-corrected chi connectivity index (χ4v) is 2.44. The van der Waals surface area contributed by atoms with Crippen molar-refractivity contribution in [3.05, 3.63) is 42.5 Å². The molecule has 0 aliphatic rings. The number of thiol groups is 1. The first-order valence-electron chi connectivity index (χ1n) is 6.43. The van der Waals surface area contributed by atoms with Crippen molar-refractivity contribution in [3.8, 4) is 5.75 Å². The van der Waals surface area contributed by atoms with Gasteiger partial charge in [0.15, 0.2) is 0 Å². The molecule has 0 spiro atoms. The van der Waals surface area contributed by atoms with E-state index in [0.717, 1.165) is 18.1 Å². The van der Waals surface area contributed by atoms with Gasteiger partial charge < -0.3 is 4.74 Å². The third-order valence-electron chi connectivity index (χ3n) is 3.36. The maximum absolute atomic E-state index is 5.88. The molecule has 0 radical (unpaired) electrons. The lowest BCUT2D eigenvalue weighted by atomic mass is 9.99. The molecule has 0 fully saturated rings. The van der Waals surface area contributed by atoms with Crippen LogP contribution in [-0.4, -0.2) is 12.4 Å². The Hall–Kier alpha value is -1.15. The summed E-state index contributed by atoms with van der Waals surface area (Å²) >= 11 is 4.38. The Balaban J connectivity index is 2.07. The van der Waals surface area contributed by atoms with E-state index in [9.17, 15) is 0 Å². The molecule has 0 aliphatic heterocycles. The molecule has 2 aromatic rings. The second-order valence-electron chi connectivity index (χ2n) is 5.01. The van der Waals surface area contributed by atoms with Crippen molar-refractivity contribution < 1.29 is 4.74 Å². The van der Waals surface area contributed by atoms with Crippen LogP contribution in [0.1, 0.15) is 13.8 Å². The van der Waals surface area contributed by atoms with E-state index in [2.05, 4.69) is 62.9 Å². The molecule has 0 N–H and O–H groups in total. The standard InChI is InChI=1S/C16H20OS/c1-12(2)15(11-18)10-17-16-8-7-13-5-3-4-6-14(13)9-16/h3-9,12,15,18H,10-11H2,1-2H3. The number of hydrogen-bond acceptors (Lipinski definition) is 2. The van der Waals surface area contributed by atoms with Crippen LogP contribution in [0.4, 0.5) is 0 Å². The molecule has 0 heterocycles. The molecule has 0 aliphatic carbocycles. The van der Waals surface area contributed by atoms with Gasteiger partial charge >= 0.3 is 0 Å². The smallest absolute Gasteiger partial charge is 0.119 e. The zero-order valence-electron chi connectivity index (χ0n) is 11.0. The highest BCUT2D eigenvalue weighted by Crippen LogP contribution is 2.22. The maximum Gasteiger partial charge on any atom is 0.119 e. The number of fused-ring (bicyclic) bond motifs is 1. The average molecular weight is 260 g/mol. The molecular formula is C16H20OS. The van der Waals surface area contributed by atoms with Crippen molar-refractivity contribution in [2.45, 2.75) is 13.8 Å². The zero-order valence-corrected chi connectivity index (χ0v) is 11.9. The zero-order chi connectivity index (χ0) is 13.0. The minimum atomic E-state index is 0.500. The van der Waals surface area contributed by atoms with E-state index in [1.165, 1.54) is 10.8 Å². The molecule has 2 aromatic carbocycles. The van der Waals surface area contributed by atoms with Crippen LogP contribution in [0.5, 0.6) is 5.75 Å². The highest BCUT2D eigenvalue weighted by atomic mass is 32.1. The van der Waals surface area contributed by atoms with Gasteiger partial charge in [-0.3, -0.25) is 0 Å². The normalized spacial score (nSPS) is 12.9. The molecule has 1 atom stereocenters. The molecule has 0 aromatic heterocycles. The first kappa shape index (κ1) is 13.3. The summed E-state index contributed by atoms with van der Waals surface area (Å²) in [4.78, 5) is 0. The van der Waals surface area contributed by atoms with Gasteiger partial charge in [-0.05, 0) is 34.6 Å². The second kappa shape index (κ2) is 6.14. The van der Waals surface area contributed by atoms with Gasteiger partial charge in [0.05, 0.1) is 6.61 Å². The van der Waals surface area contributed by atoms with E-state index in [0.29, 0.717) is 11.8 Å². The van der Waals surface area contributed by atoms with Crippen LogP contribution in [0.2, 0.25) is 0 Å². The van der Waals surface area contributed by atoms with E-state index in [-0.39, 0.29) is 0 Å². The molecule has 0 amide bonds. The van der Waals surface area contributed by atoms with Crippen LogP contribution < -0.4 is 4.74 Å². The molecule has 0 saturated heterocycles. The third kappa shape index (κ3) is 3.20. The first-order valence-corrected chi connectivity index (χ1v) is 7.06. The van der Waals surface area contributed by atoms with Crippen molar-refractivity contribution in [1.82, 2.24) is 0 Å². The Morgan fingerprint density at radius 2 is 1.78 bits per heavy atom. The van der Waals surface area contributed by atoms with Crippen molar-refractivity contribution in [2.24, 2.45) is 11.8 Å². The SMILES string of the molecule is CC(C)C(CS)COc1ccc2ccccc2c1. The summed E-state index contributed by atoms with van der Waals surface area (Å²) in [7, 11) is 0. The van der Waals surface area contributed by atoms with Crippen LogP contribution in [0.25, 0.3) is 10.8 Å². The molecule has 2 rings (SSSR count). The molecule has 1 nitrogen and oxygen atoms in total. The van der Waals surface area contributed by atoms with Crippen molar-refractivity contribution >= 4 is 23.4 Å². The van der Waals surface area contributed by atoms with E-state index < -0.39 is 0 Å². The Bertz CT molecular complexity index is 507. The van der Waals surface area contributed by atoms with E-state index >= 15 is 0 Å². The van der Waals surface area contributed by atoms with E-state index in [1.54, 1.807) is 0 Å². The fraction of sp³-hybridized carbons (Fsp3) is 0.375. The summed E-state index contributed by atoms with van der Waals surface area (Å²) in [5.41, 5.74) is 0. The lowest BCUT2D eigenvalue weighted by molar-refractivity contribution is 0.227. The summed E-state index contributed by atoms with van der Waals surface area (Å²) < 4.78 is 5.88. The predicted octanol–water partition coefficient (Wildman–Crippen LogP) is 4.42. The van der Waals surface area contributed by atoms with Crippen LogP contribution in [0.15, 0.2) is 42.5 Å². The van der Waals surface area contributed by atoms with Crippen LogP contribution in [-0.2, 0) is 0 Å². The van der Waals surface area contributed by atoms with Crippen LogP contribution in [0, 0.1) is 11.8 Å². The monoisotopic (exact) mass is 260 g/mol. The van der Waals surface area contributed by atoms with Gasteiger partial charge in [0.2, 0.25) is 0 Å². The summed E-state index contributed by atoms with van der Waals surface area (Å²) in [6.45, 7) is 5.16. The van der Waals surface area contributed by atoms with E-state index in [1.807, 2.05) is 6.07 Å². The molecule has 2 heteroatoms. The Morgan fingerprint density at radius 3 is 2.44 bits per heavy atom. The van der Waals surface area contributed by atoms with Crippen molar-refractivity contribution in [1.29, 1.82) is 0 Å². The number of benzene rings is 2. The molecule has 1 unspecified atom stereocenters. The van der Waals surface area contributed by atoms with Gasteiger partial charge in [0.1, 0.15) is 5.75 Å². The molecule has 0 saturated carbocycles.